The second-order valence-corrected chi connectivity index (χ2v) is 9.95. The number of amides is 2. The van der Waals surface area contributed by atoms with E-state index in [1.807, 2.05) is 30.3 Å². The third-order valence-electron chi connectivity index (χ3n) is 5.64. The van der Waals surface area contributed by atoms with Crippen molar-refractivity contribution in [1.29, 1.82) is 5.41 Å². The SMILES string of the molecule is N=C(N)c1ccc(CNC(=O)C2CCN2C(=O)[C@@H](CO)NS(=O)(=O)CCc2ccccc2)cc1. The Kier molecular flexibility index (Phi) is 8.37. The third kappa shape index (κ3) is 6.62. The van der Waals surface area contributed by atoms with Crippen LogP contribution in [-0.2, 0) is 32.6 Å². The highest BCUT2D eigenvalue weighted by atomic mass is 32.2. The second kappa shape index (κ2) is 11.2. The normalized spacial score (nSPS) is 16.4. The molecule has 2 aromatic carbocycles. The molecule has 2 atom stereocenters. The largest absolute Gasteiger partial charge is 0.394 e. The molecule has 34 heavy (non-hydrogen) atoms. The number of nitrogen functional groups attached to an aromatic ring is 1. The maximum atomic E-state index is 12.8. The molecule has 0 radical (unpaired) electrons. The highest BCUT2D eigenvalue weighted by Crippen LogP contribution is 2.19. The van der Waals surface area contributed by atoms with Crippen LogP contribution in [0.4, 0.5) is 0 Å². The average Bonchev–Trinajstić information content (AvgIpc) is 2.80. The number of benzene rings is 2. The van der Waals surface area contributed by atoms with E-state index in [2.05, 4.69) is 10.0 Å². The Balaban J connectivity index is 1.53. The number of nitrogens with two attached hydrogens (primary N) is 1. The van der Waals surface area contributed by atoms with Crippen LogP contribution in [0.1, 0.15) is 23.1 Å². The first kappa shape index (κ1) is 25.3. The fourth-order valence-electron chi connectivity index (χ4n) is 3.57. The van der Waals surface area contributed by atoms with Gasteiger partial charge in [0, 0.05) is 18.7 Å². The maximum absolute atomic E-state index is 12.8. The summed E-state index contributed by atoms with van der Waals surface area (Å²) in [5.74, 6) is -1.28. The Morgan fingerprint density at radius 1 is 1.12 bits per heavy atom. The summed E-state index contributed by atoms with van der Waals surface area (Å²) in [5, 5.41) is 19.8. The van der Waals surface area contributed by atoms with E-state index in [0.717, 1.165) is 11.1 Å². The summed E-state index contributed by atoms with van der Waals surface area (Å²) in [6, 6.07) is 13.8. The molecule has 2 aromatic rings. The van der Waals surface area contributed by atoms with E-state index < -0.39 is 34.6 Å². The van der Waals surface area contributed by atoms with Crippen molar-refractivity contribution in [2.45, 2.75) is 31.5 Å². The van der Waals surface area contributed by atoms with E-state index in [-0.39, 0.29) is 30.5 Å². The Morgan fingerprint density at radius 3 is 2.35 bits per heavy atom. The number of aryl methyl sites for hydroxylation is 1. The molecule has 11 heteroatoms. The summed E-state index contributed by atoms with van der Waals surface area (Å²) in [7, 11) is -3.83. The van der Waals surface area contributed by atoms with E-state index in [9.17, 15) is 23.1 Å². The molecular formula is C23H29N5O5S. The number of nitrogens with one attached hydrogen (secondary N) is 3. The van der Waals surface area contributed by atoms with Gasteiger partial charge in [-0.1, -0.05) is 54.6 Å². The quantitative estimate of drug-likeness (QED) is 0.216. The highest BCUT2D eigenvalue weighted by Gasteiger charge is 2.40. The van der Waals surface area contributed by atoms with E-state index in [4.69, 9.17) is 11.1 Å². The topological polar surface area (TPSA) is 166 Å². The Hall–Kier alpha value is -3.28. The number of amidine groups is 1. The smallest absolute Gasteiger partial charge is 0.243 e. The number of sulfonamides is 1. The molecule has 0 aliphatic carbocycles. The van der Waals surface area contributed by atoms with Crippen molar-refractivity contribution in [2.24, 2.45) is 5.73 Å². The molecule has 0 aromatic heterocycles. The molecule has 1 aliphatic heterocycles. The first-order chi connectivity index (χ1) is 16.2. The molecule has 10 nitrogen and oxygen atoms in total. The van der Waals surface area contributed by atoms with Gasteiger partial charge in [0.2, 0.25) is 21.8 Å². The molecule has 1 fully saturated rings. The molecule has 6 N–H and O–H groups in total. The van der Waals surface area contributed by atoms with Crippen LogP contribution in [0.15, 0.2) is 54.6 Å². The molecule has 182 valence electrons. The van der Waals surface area contributed by atoms with Gasteiger partial charge >= 0.3 is 0 Å². The molecule has 1 aliphatic rings. The number of hydrogen-bond donors (Lipinski definition) is 5. The lowest BCUT2D eigenvalue weighted by molar-refractivity contribution is -0.149. The molecule has 1 heterocycles. The van der Waals surface area contributed by atoms with Gasteiger partial charge in [0.05, 0.1) is 12.4 Å². The predicted octanol–water partition coefficient (Wildman–Crippen LogP) is -0.289. The molecule has 0 spiro atoms. The van der Waals surface area contributed by atoms with Crippen LogP contribution in [0, 0.1) is 5.41 Å². The summed E-state index contributed by atoms with van der Waals surface area (Å²) in [6.07, 6.45) is 0.713. The van der Waals surface area contributed by atoms with Crippen LogP contribution in [-0.4, -0.2) is 67.1 Å². The van der Waals surface area contributed by atoms with Crippen LogP contribution in [0.5, 0.6) is 0 Å². The van der Waals surface area contributed by atoms with Gasteiger partial charge in [-0.05, 0) is 24.0 Å². The van der Waals surface area contributed by atoms with Crippen LogP contribution in [0.2, 0.25) is 0 Å². The van der Waals surface area contributed by atoms with Crippen molar-refractivity contribution >= 4 is 27.7 Å². The number of aliphatic hydroxyl groups excluding tert-OH is 1. The minimum absolute atomic E-state index is 0.0478. The Labute approximate surface area is 198 Å². The zero-order chi connectivity index (χ0) is 24.7. The number of aliphatic hydroxyl groups is 1. The summed E-state index contributed by atoms with van der Waals surface area (Å²) >= 11 is 0. The maximum Gasteiger partial charge on any atom is 0.243 e. The van der Waals surface area contributed by atoms with Crippen molar-refractivity contribution in [1.82, 2.24) is 14.9 Å². The zero-order valence-corrected chi connectivity index (χ0v) is 19.4. The predicted molar refractivity (Wildman–Crippen MR) is 127 cm³/mol. The number of likely N-dealkylation sites (tertiary alicyclic amines) is 1. The minimum atomic E-state index is -3.83. The standard InChI is InChI=1S/C23H29N5O5S/c24-21(25)18-8-6-17(7-9-18)14-26-22(30)20-10-12-28(20)23(31)19(15-29)27-34(32,33)13-11-16-4-2-1-3-5-16/h1-9,19-20,27,29H,10-15H2,(H3,24,25)(H,26,30)/t19-,20?/m1/s1. The van der Waals surface area contributed by atoms with Gasteiger partial charge in [0.15, 0.2) is 0 Å². The van der Waals surface area contributed by atoms with Gasteiger partial charge in [-0.3, -0.25) is 15.0 Å². The summed E-state index contributed by atoms with van der Waals surface area (Å²) in [4.78, 5) is 26.7. The first-order valence-corrected chi connectivity index (χ1v) is 12.5. The van der Waals surface area contributed by atoms with E-state index in [0.29, 0.717) is 18.5 Å². The zero-order valence-electron chi connectivity index (χ0n) is 18.6. The van der Waals surface area contributed by atoms with Crippen LogP contribution < -0.4 is 15.8 Å². The van der Waals surface area contributed by atoms with Crippen LogP contribution in [0.3, 0.4) is 0 Å². The lowest BCUT2D eigenvalue weighted by Crippen LogP contribution is -2.63. The van der Waals surface area contributed by atoms with Crippen molar-refractivity contribution in [3.63, 3.8) is 0 Å². The fourth-order valence-corrected chi connectivity index (χ4v) is 4.80. The van der Waals surface area contributed by atoms with Gasteiger partial charge < -0.3 is 21.1 Å². The van der Waals surface area contributed by atoms with Crippen LogP contribution >= 0.6 is 0 Å². The van der Waals surface area contributed by atoms with Crippen molar-refractivity contribution in [2.75, 3.05) is 18.9 Å². The molecule has 2 amide bonds. The molecule has 1 unspecified atom stereocenters. The number of hydrogen-bond acceptors (Lipinski definition) is 6. The van der Waals surface area contributed by atoms with E-state index >= 15 is 0 Å². The molecule has 3 rings (SSSR count). The fraction of sp³-hybridized carbons (Fsp3) is 0.348. The minimum Gasteiger partial charge on any atom is -0.394 e. The number of nitrogens with zero attached hydrogens (tertiary/aromatic N) is 1. The third-order valence-corrected chi connectivity index (χ3v) is 7.03. The van der Waals surface area contributed by atoms with Crippen molar-refractivity contribution < 1.29 is 23.1 Å². The lowest BCUT2D eigenvalue weighted by Gasteiger charge is -2.41. The van der Waals surface area contributed by atoms with Crippen molar-refractivity contribution in [3.8, 4) is 0 Å². The summed E-state index contributed by atoms with van der Waals surface area (Å²) < 4.78 is 27.2. The van der Waals surface area contributed by atoms with E-state index in [1.54, 1.807) is 24.3 Å². The Bertz CT molecular complexity index is 1120. The Morgan fingerprint density at radius 2 is 1.79 bits per heavy atom. The second-order valence-electron chi connectivity index (χ2n) is 8.07. The first-order valence-electron chi connectivity index (χ1n) is 10.9. The van der Waals surface area contributed by atoms with Gasteiger partial charge in [0.25, 0.3) is 0 Å². The molecule has 1 saturated heterocycles. The number of carbonyl (C=O) groups is 2. The van der Waals surface area contributed by atoms with Gasteiger partial charge in [-0.15, -0.1) is 0 Å². The number of rotatable bonds is 11. The monoisotopic (exact) mass is 487 g/mol. The molecule has 0 saturated carbocycles. The summed E-state index contributed by atoms with van der Waals surface area (Å²) in [5.41, 5.74) is 7.65. The van der Waals surface area contributed by atoms with Gasteiger partial charge in [0.1, 0.15) is 17.9 Å². The van der Waals surface area contributed by atoms with Crippen LogP contribution in [0.25, 0.3) is 0 Å². The van der Waals surface area contributed by atoms with Gasteiger partial charge in [-0.25, -0.2) is 13.1 Å². The highest BCUT2D eigenvalue weighted by molar-refractivity contribution is 7.89. The molecule has 0 bridgehead atoms. The molecular weight excluding hydrogens is 458 g/mol. The van der Waals surface area contributed by atoms with Crippen molar-refractivity contribution in [3.05, 3.63) is 71.3 Å². The van der Waals surface area contributed by atoms with E-state index in [1.165, 1.54) is 4.90 Å². The number of carbonyl (C=O) groups excluding carboxylic acids is 2. The summed E-state index contributed by atoms with van der Waals surface area (Å²) in [6.45, 7) is -0.186. The van der Waals surface area contributed by atoms with Gasteiger partial charge in [-0.2, -0.15) is 0 Å². The lowest BCUT2D eigenvalue weighted by atomic mass is 10.0. The average molecular weight is 488 g/mol.